The molecule has 0 atom stereocenters. The summed E-state index contributed by atoms with van der Waals surface area (Å²) >= 11 is 0. The normalized spacial score (nSPS) is 11.5. The predicted octanol–water partition coefficient (Wildman–Crippen LogP) is 6.20. The van der Waals surface area contributed by atoms with E-state index in [2.05, 4.69) is 22.0 Å². The average molecular weight is 429 g/mol. The van der Waals surface area contributed by atoms with Gasteiger partial charge in [-0.1, -0.05) is 79.6 Å². The van der Waals surface area contributed by atoms with E-state index in [1.807, 2.05) is 67.6 Å². The number of hydrogen-bond donors (Lipinski definition) is 0. The summed E-state index contributed by atoms with van der Waals surface area (Å²) in [7, 11) is 0. The van der Waals surface area contributed by atoms with E-state index in [-0.39, 0.29) is 11.7 Å². The van der Waals surface area contributed by atoms with Gasteiger partial charge in [-0.15, -0.1) is 10.2 Å². The first-order valence-corrected chi connectivity index (χ1v) is 10.4. The Morgan fingerprint density at radius 2 is 1.56 bits per heavy atom. The van der Waals surface area contributed by atoms with Gasteiger partial charge in [-0.2, -0.15) is 0 Å². The summed E-state index contributed by atoms with van der Waals surface area (Å²) in [6, 6.07) is 21.2. The lowest BCUT2D eigenvalue weighted by atomic mass is 10.2. The molecule has 0 fully saturated rings. The van der Waals surface area contributed by atoms with Gasteiger partial charge in [-0.3, -0.25) is 0 Å². The van der Waals surface area contributed by atoms with Gasteiger partial charge in [-0.25, -0.2) is 4.39 Å². The molecule has 0 saturated heterocycles. The van der Waals surface area contributed by atoms with Gasteiger partial charge in [0.05, 0.1) is 0 Å². The van der Waals surface area contributed by atoms with E-state index in [0.717, 1.165) is 17.5 Å². The van der Waals surface area contributed by atoms with Gasteiger partial charge >= 0.3 is 0 Å². The van der Waals surface area contributed by atoms with Crippen molar-refractivity contribution < 1.29 is 13.9 Å². The molecule has 0 aliphatic carbocycles. The minimum atomic E-state index is -0.365. The van der Waals surface area contributed by atoms with E-state index >= 15 is 0 Å². The molecule has 0 saturated carbocycles. The second-order valence-corrected chi connectivity index (χ2v) is 6.98. The molecule has 1 aromatic heterocycles. The summed E-state index contributed by atoms with van der Waals surface area (Å²) in [6.07, 6.45) is 3.92. The maximum absolute atomic E-state index is 14.0. The van der Waals surface area contributed by atoms with Crippen LogP contribution in [0.4, 0.5) is 4.39 Å². The van der Waals surface area contributed by atoms with Gasteiger partial charge in [0, 0.05) is 11.6 Å². The zero-order valence-electron chi connectivity index (χ0n) is 18.2. The summed E-state index contributed by atoms with van der Waals surface area (Å²) in [4.78, 5) is 0. The smallest absolute Gasteiger partial charge is 0.276 e. The fraction of sp³-hybridized carbons (Fsp3) is 0.185. The van der Waals surface area contributed by atoms with E-state index in [0.29, 0.717) is 30.2 Å². The van der Waals surface area contributed by atoms with Crippen molar-refractivity contribution in [3.05, 3.63) is 107 Å². The molecule has 0 radical (unpaired) electrons. The Morgan fingerprint density at radius 3 is 2.19 bits per heavy atom. The van der Waals surface area contributed by atoms with Gasteiger partial charge < -0.3 is 9.47 Å². The summed E-state index contributed by atoms with van der Waals surface area (Å²) < 4.78 is 25.8. The third-order valence-electron chi connectivity index (χ3n) is 4.42. The second kappa shape index (κ2) is 12.1. The van der Waals surface area contributed by atoms with Gasteiger partial charge in [-0.05, 0) is 36.5 Å². The molecule has 3 aromatic rings. The molecule has 162 valence electrons. The minimum absolute atomic E-state index is 0.277. The Labute approximate surface area is 188 Å². The molecule has 3 rings (SSSR count). The van der Waals surface area contributed by atoms with Gasteiger partial charge in [0.25, 0.3) is 5.88 Å². The molecule has 0 amide bonds. The molecule has 0 spiro atoms. The number of nitrogens with zero attached hydrogens (tertiary/aromatic N) is 2. The molecule has 5 heteroatoms. The highest BCUT2D eigenvalue weighted by atomic mass is 19.1. The third kappa shape index (κ3) is 7.10. The van der Waals surface area contributed by atoms with Crippen molar-refractivity contribution in [2.75, 3.05) is 0 Å². The van der Waals surface area contributed by atoms with E-state index in [4.69, 9.17) is 9.47 Å². The molecule has 0 unspecified atom stereocenters. The number of ether oxygens (including phenoxy) is 2. The Bertz CT molecular complexity index is 1130. The highest BCUT2D eigenvalue weighted by Crippen LogP contribution is 2.26. The monoisotopic (exact) mass is 428 g/mol. The molecule has 2 aromatic carbocycles. The van der Waals surface area contributed by atoms with Gasteiger partial charge in [0.15, 0.2) is 5.75 Å². The van der Waals surface area contributed by atoms with Gasteiger partial charge in [0.1, 0.15) is 24.7 Å². The Hall–Kier alpha value is -3.91. The van der Waals surface area contributed by atoms with E-state index in [9.17, 15) is 4.39 Å². The van der Waals surface area contributed by atoms with E-state index in [1.54, 1.807) is 19.1 Å². The predicted molar refractivity (Wildman–Crippen MR) is 124 cm³/mol. The zero-order valence-corrected chi connectivity index (χ0v) is 18.2. The van der Waals surface area contributed by atoms with Crippen LogP contribution in [-0.2, 0) is 13.2 Å². The third-order valence-corrected chi connectivity index (χ3v) is 4.42. The highest BCUT2D eigenvalue weighted by molar-refractivity contribution is 5.43. The topological polar surface area (TPSA) is 44.2 Å². The minimum Gasteiger partial charge on any atom is -0.483 e. The van der Waals surface area contributed by atoms with E-state index in [1.165, 1.54) is 6.08 Å². The maximum atomic E-state index is 14.0. The van der Waals surface area contributed by atoms with Crippen LogP contribution < -0.4 is 9.47 Å². The summed E-state index contributed by atoms with van der Waals surface area (Å²) in [5, 5.41) is 8.26. The second-order valence-electron chi connectivity index (χ2n) is 6.98. The number of hydrogen-bond acceptors (Lipinski definition) is 4. The lowest BCUT2D eigenvalue weighted by molar-refractivity contribution is 0.244. The van der Waals surface area contributed by atoms with Crippen LogP contribution in [0.5, 0.6) is 11.6 Å². The lowest BCUT2D eigenvalue weighted by Gasteiger charge is -2.11. The summed E-state index contributed by atoms with van der Waals surface area (Å²) in [6.45, 7) is 4.24. The quantitative estimate of drug-likeness (QED) is 0.317. The zero-order chi connectivity index (χ0) is 22.6. The van der Waals surface area contributed by atoms with Crippen LogP contribution in [-0.4, -0.2) is 10.2 Å². The van der Waals surface area contributed by atoms with Crippen LogP contribution in [0.1, 0.15) is 37.1 Å². The number of halogens is 1. The molecular weight excluding hydrogens is 403 g/mol. The molecule has 4 nitrogen and oxygen atoms in total. The van der Waals surface area contributed by atoms with Gasteiger partial charge in [0.2, 0.25) is 0 Å². The number of allylic oxidation sites excluding steroid dienone is 4. The first-order chi connectivity index (χ1) is 15.7. The molecule has 0 aliphatic rings. The molecule has 0 bridgehead atoms. The summed E-state index contributed by atoms with van der Waals surface area (Å²) in [5.41, 5.74) is 2.71. The van der Waals surface area contributed by atoms with Crippen LogP contribution >= 0.6 is 0 Å². The first kappa shape index (κ1) is 22.8. The number of benzene rings is 2. The molecular formula is C27H25FN2O2. The number of aromatic nitrogens is 2. The fourth-order valence-electron chi connectivity index (χ4n) is 2.65. The molecule has 1 heterocycles. The van der Waals surface area contributed by atoms with Crippen molar-refractivity contribution in [1.82, 2.24) is 10.2 Å². The highest BCUT2D eigenvalue weighted by Gasteiger charge is 2.11. The van der Waals surface area contributed by atoms with Crippen molar-refractivity contribution in [3.8, 4) is 23.5 Å². The number of rotatable bonds is 8. The lowest BCUT2D eigenvalue weighted by Crippen LogP contribution is -2.04. The van der Waals surface area contributed by atoms with Crippen molar-refractivity contribution in [3.63, 3.8) is 0 Å². The Balaban J connectivity index is 1.82. The van der Waals surface area contributed by atoms with Crippen LogP contribution in [0.2, 0.25) is 0 Å². The van der Waals surface area contributed by atoms with Crippen molar-refractivity contribution in [2.45, 2.75) is 33.5 Å². The average Bonchev–Trinajstić information content (AvgIpc) is 2.85. The maximum Gasteiger partial charge on any atom is 0.276 e. The fourth-order valence-corrected chi connectivity index (χ4v) is 2.65. The van der Waals surface area contributed by atoms with Crippen LogP contribution in [0.25, 0.3) is 0 Å². The standard InChI is InChI=1S/C27H25FN2O2/c1-3-4-15-25(28)21(2)16-17-24-18-26(31-19-22-11-7-5-8-12-22)27(30-29-24)32-20-23-13-9-6-10-14-23/h4-15,18H,3,19-20H2,1-2H3/b15-4-,25-21-. The molecule has 32 heavy (non-hydrogen) atoms. The Kier molecular flexibility index (Phi) is 8.59. The molecule has 0 aliphatic heterocycles. The Morgan fingerprint density at radius 1 is 0.938 bits per heavy atom. The van der Waals surface area contributed by atoms with Crippen LogP contribution in [0, 0.1) is 11.8 Å². The first-order valence-electron chi connectivity index (χ1n) is 10.4. The van der Waals surface area contributed by atoms with E-state index < -0.39 is 0 Å². The van der Waals surface area contributed by atoms with Crippen molar-refractivity contribution in [2.24, 2.45) is 0 Å². The molecule has 0 N–H and O–H groups in total. The SMILES string of the molecule is CC/C=C\C(F)=C(/C)C#Cc1cc(OCc2ccccc2)c(OCc2ccccc2)nn1. The van der Waals surface area contributed by atoms with Crippen LogP contribution in [0.15, 0.2) is 90.3 Å². The van der Waals surface area contributed by atoms with Crippen LogP contribution in [0.3, 0.4) is 0 Å². The van der Waals surface area contributed by atoms with Crippen molar-refractivity contribution >= 4 is 0 Å². The summed E-state index contributed by atoms with van der Waals surface area (Å²) in [5.74, 6) is 5.98. The largest absolute Gasteiger partial charge is 0.483 e. The van der Waals surface area contributed by atoms with Crippen molar-refractivity contribution in [1.29, 1.82) is 0 Å².